The van der Waals surface area contributed by atoms with Crippen LogP contribution < -0.4 is 9.64 Å². The molecular weight excluding hydrogens is 332 g/mol. The van der Waals surface area contributed by atoms with Crippen LogP contribution in [0.4, 0.5) is 5.69 Å². The summed E-state index contributed by atoms with van der Waals surface area (Å²) in [6.45, 7) is 5.02. The minimum Gasteiger partial charge on any atom is -0.495 e. The number of piperazine rings is 1. The number of H-pyrrole nitrogens is 1. The fourth-order valence-corrected chi connectivity index (χ4v) is 4.10. The zero-order chi connectivity index (χ0) is 17.1. The van der Waals surface area contributed by atoms with Crippen molar-refractivity contribution >= 4 is 17.0 Å². The largest absolute Gasteiger partial charge is 0.495 e. The van der Waals surface area contributed by atoms with Crippen LogP contribution in [0.25, 0.3) is 10.6 Å². The van der Waals surface area contributed by atoms with E-state index in [-0.39, 0.29) is 0 Å². The van der Waals surface area contributed by atoms with Crippen molar-refractivity contribution in [2.45, 2.75) is 6.54 Å². The number of aromatic nitrogens is 2. The number of thiophene rings is 1. The molecule has 3 heterocycles. The molecule has 0 aliphatic carbocycles. The monoisotopic (exact) mass is 354 g/mol. The van der Waals surface area contributed by atoms with Crippen LogP contribution in [0, 0.1) is 0 Å². The lowest BCUT2D eigenvalue weighted by molar-refractivity contribution is 0.249. The molecule has 130 valence electrons. The molecule has 0 radical (unpaired) electrons. The normalized spacial score (nSPS) is 15.5. The molecule has 0 unspecified atom stereocenters. The molecule has 6 heteroatoms. The van der Waals surface area contributed by atoms with Crippen molar-refractivity contribution in [3.8, 4) is 16.3 Å². The highest BCUT2D eigenvalue weighted by Crippen LogP contribution is 2.30. The summed E-state index contributed by atoms with van der Waals surface area (Å²) in [6, 6.07) is 12.5. The third-order valence-corrected chi connectivity index (χ3v) is 5.56. The van der Waals surface area contributed by atoms with Gasteiger partial charge in [-0.2, -0.15) is 5.10 Å². The third kappa shape index (κ3) is 3.41. The van der Waals surface area contributed by atoms with Crippen molar-refractivity contribution in [3.05, 3.63) is 53.5 Å². The van der Waals surface area contributed by atoms with E-state index in [1.54, 1.807) is 18.4 Å². The van der Waals surface area contributed by atoms with E-state index in [0.717, 1.165) is 44.2 Å². The van der Waals surface area contributed by atoms with Crippen molar-refractivity contribution in [1.82, 2.24) is 15.1 Å². The van der Waals surface area contributed by atoms with Gasteiger partial charge in [-0.3, -0.25) is 10.00 Å². The molecule has 0 bridgehead atoms. The number of para-hydroxylation sites is 2. The van der Waals surface area contributed by atoms with Gasteiger partial charge in [-0.05, 0) is 23.6 Å². The molecule has 1 N–H and O–H groups in total. The first-order valence-corrected chi connectivity index (χ1v) is 9.39. The molecule has 0 saturated carbocycles. The number of hydrogen-bond acceptors (Lipinski definition) is 5. The van der Waals surface area contributed by atoms with E-state index in [1.807, 2.05) is 18.3 Å². The van der Waals surface area contributed by atoms with Gasteiger partial charge in [0.05, 0.1) is 29.6 Å². The summed E-state index contributed by atoms with van der Waals surface area (Å²) in [5.41, 5.74) is 3.61. The third-order valence-electron chi connectivity index (χ3n) is 4.68. The van der Waals surface area contributed by atoms with Crippen LogP contribution in [-0.4, -0.2) is 48.4 Å². The molecule has 1 saturated heterocycles. The summed E-state index contributed by atoms with van der Waals surface area (Å²) in [6.07, 6.45) is 1.96. The van der Waals surface area contributed by atoms with Gasteiger partial charge in [0, 0.05) is 38.3 Å². The predicted molar refractivity (Wildman–Crippen MR) is 102 cm³/mol. The van der Waals surface area contributed by atoms with Crippen LogP contribution >= 0.6 is 11.3 Å². The van der Waals surface area contributed by atoms with Gasteiger partial charge < -0.3 is 9.64 Å². The molecule has 0 amide bonds. The molecule has 5 nitrogen and oxygen atoms in total. The quantitative estimate of drug-likeness (QED) is 0.762. The van der Waals surface area contributed by atoms with Crippen LogP contribution in [0.5, 0.6) is 5.75 Å². The zero-order valence-electron chi connectivity index (χ0n) is 14.3. The van der Waals surface area contributed by atoms with E-state index >= 15 is 0 Å². The van der Waals surface area contributed by atoms with E-state index in [2.05, 4.69) is 49.6 Å². The number of rotatable bonds is 5. The summed E-state index contributed by atoms with van der Waals surface area (Å²) < 4.78 is 5.50. The number of anilines is 1. The van der Waals surface area contributed by atoms with Gasteiger partial charge in [0.15, 0.2) is 0 Å². The number of nitrogens with zero attached hydrogens (tertiary/aromatic N) is 3. The maximum atomic E-state index is 5.50. The molecule has 2 aromatic heterocycles. The molecule has 25 heavy (non-hydrogen) atoms. The average Bonchev–Trinajstić information content (AvgIpc) is 3.34. The first kappa shape index (κ1) is 16.2. The number of aromatic amines is 1. The minimum absolute atomic E-state index is 0.934. The lowest BCUT2D eigenvalue weighted by atomic mass is 10.2. The molecule has 0 spiro atoms. The van der Waals surface area contributed by atoms with E-state index in [9.17, 15) is 0 Å². The summed E-state index contributed by atoms with van der Waals surface area (Å²) in [4.78, 5) is 6.15. The minimum atomic E-state index is 0.934. The van der Waals surface area contributed by atoms with Crippen LogP contribution in [0.2, 0.25) is 0 Å². The second kappa shape index (κ2) is 7.29. The van der Waals surface area contributed by atoms with E-state index in [0.29, 0.717) is 0 Å². The van der Waals surface area contributed by atoms with Gasteiger partial charge in [-0.1, -0.05) is 18.2 Å². The fraction of sp³-hybridized carbons (Fsp3) is 0.316. The number of ether oxygens (including phenoxy) is 1. The molecule has 0 atom stereocenters. The molecule has 1 fully saturated rings. The molecule has 3 aromatic rings. The molecule has 4 rings (SSSR count). The van der Waals surface area contributed by atoms with Gasteiger partial charge in [-0.15, -0.1) is 11.3 Å². The summed E-state index contributed by atoms with van der Waals surface area (Å²) in [5.74, 6) is 0.950. The second-order valence-electron chi connectivity index (χ2n) is 6.18. The van der Waals surface area contributed by atoms with Crippen molar-refractivity contribution in [2.75, 3.05) is 38.2 Å². The van der Waals surface area contributed by atoms with Gasteiger partial charge in [-0.25, -0.2) is 0 Å². The molecule has 1 aliphatic heterocycles. The highest BCUT2D eigenvalue weighted by Gasteiger charge is 2.21. The second-order valence-corrected chi connectivity index (χ2v) is 7.13. The number of methoxy groups -OCH3 is 1. The van der Waals surface area contributed by atoms with E-state index in [1.165, 1.54) is 16.1 Å². The summed E-state index contributed by atoms with van der Waals surface area (Å²) in [7, 11) is 1.74. The van der Waals surface area contributed by atoms with Crippen LogP contribution in [0.3, 0.4) is 0 Å². The number of nitrogens with one attached hydrogen (secondary N) is 1. The van der Waals surface area contributed by atoms with Crippen molar-refractivity contribution in [3.63, 3.8) is 0 Å². The van der Waals surface area contributed by atoms with E-state index < -0.39 is 0 Å². The van der Waals surface area contributed by atoms with Crippen LogP contribution in [-0.2, 0) is 6.54 Å². The number of benzene rings is 1. The Morgan fingerprint density at radius 2 is 1.96 bits per heavy atom. The summed E-state index contributed by atoms with van der Waals surface area (Å²) in [5, 5.41) is 9.51. The van der Waals surface area contributed by atoms with E-state index in [4.69, 9.17) is 4.74 Å². The topological polar surface area (TPSA) is 44.4 Å². The molecule has 1 aliphatic rings. The SMILES string of the molecule is COc1ccccc1N1CCN(Cc2cn[nH]c2-c2cccs2)CC1. The van der Waals surface area contributed by atoms with Gasteiger partial charge in [0.2, 0.25) is 0 Å². The lowest BCUT2D eigenvalue weighted by Gasteiger charge is -2.36. The highest BCUT2D eigenvalue weighted by molar-refractivity contribution is 7.13. The standard InChI is InChI=1S/C19H22N4OS/c1-24-17-6-3-2-5-16(17)23-10-8-22(9-11-23)14-15-13-20-21-19(15)18-7-4-12-25-18/h2-7,12-13H,8-11,14H2,1H3,(H,20,21). The van der Waals surface area contributed by atoms with Crippen molar-refractivity contribution < 1.29 is 4.74 Å². The Labute approximate surface area is 151 Å². The Morgan fingerprint density at radius 3 is 2.72 bits per heavy atom. The van der Waals surface area contributed by atoms with Crippen molar-refractivity contribution in [2.24, 2.45) is 0 Å². The maximum Gasteiger partial charge on any atom is 0.142 e. The van der Waals surface area contributed by atoms with Gasteiger partial charge >= 0.3 is 0 Å². The Hall–Kier alpha value is -2.31. The fourth-order valence-electron chi connectivity index (χ4n) is 3.34. The van der Waals surface area contributed by atoms with Crippen LogP contribution in [0.1, 0.15) is 5.56 Å². The maximum absolute atomic E-state index is 5.50. The first-order chi connectivity index (χ1) is 12.3. The predicted octanol–water partition coefficient (Wildman–Crippen LogP) is 3.47. The Bertz CT molecular complexity index is 806. The van der Waals surface area contributed by atoms with Gasteiger partial charge in [0.1, 0.15) is 5.75 Å². The van der Waals surface area contributed by atoms with Crippen molar-refractivity contribution in [1.29, 1.82) is 0 Å². The average molecular weight is 354 g/mol. The zero-order valence-corrected chi connectivity index (χ0v) is 15.1. The molecule has 1 aromatic carbocycles. The highest BCUT2D eigenvalue weighted by atomic mass is 32.1. The smallest absolute Gasteiger partial charge is 0.142 e. The van der Waals surface area contributed by atoms with Gasteiger partial charge in [0.25, 0.3) is 0 Å². The summed E-state index contributed by atoms with van der Waals surface area (Å²) >= 11 is 1.75. The Morgan fingerprint density at radius 1 is 1.12 bits per heavy atom. The molecular formula is C19H22N4OS. The Kier molecular flexibility index (Phi) is 4.72. The Balaban J connectivity index is 1.41. The lowest BCUT2D eigenvalue weighted by Crippen LogP contribution is -2.46. The first-order valence-electron chi connectivity index (χ1n) is 8.51. The number of hydrogen-bond donors (Lipinski definition) is 1. The van der Waals surface area contributed by atoms with Crippen LogP contribution in [0.15, 0.2) is 48.0 Å².